The molecule has 0 radical (unpaired) electrons. The van der Waals surface area contributed by atoms with E-state index in [9.17, 15) is 4.79 Å². The molecule has 0 N–H and O–H groups in total. The van der Waals surface area contributed by atoms with Gasteiger partial charge < -0.3 is 14.4 Å². The number of hydrogen-bond acceptors (Lipinski definition) is 4. The van der Waals surface area contributed by atoms with Crippen molar-refractivity contribution in [3.8, 4) is 0 Å². The summed E-state index contributed by atoms with van der Waals surface area (Å²) < 4.78 is 12.3. The predicted molar refractivity (Wildman–Crippen MR) is 98.4 cm³/mol. The minimum Gasteiger partial charge on any atom is -0.374 e. The van der Waals surface area contributed by atoms with Crippen LogP contribution in [0, 0.1) is 5.41 Å². The third-order valence-corrected chi connectivity index (χ3v) is 6.12. The summed E-state index contributed by atoms with van der Waals surface area (Å²) in [7, 11) is 0. The molecule has 1 saturated heterocycles. The highest BCUT2D eigenvalue weighted by Gasteiger charge is 2.48. The average molecular weight is 356 g/mol. The second-order valence-corrected chi connectivity index (χ2v) is 7.96. The summed E-state index contributed by atoms with van der Waals surface area (Å²) in [6.07, 6.45) is 12.6. The molecule has 5 nitrogen and oxygen atoms in total. The van der Waals surface area contributed by atoms with Crippen LogP contribution in [0.1, 0.15) is 44.6 Å². The van der Waals surface area contributed by atoms with E-state index >= 15 is 0 Å². The molecule has 0 aromatic carbocycles. The third kappa shape index (κ3) is 3.42. The largest absolute Gasteiger partial charge is 0.374 e. The van der Waals surface area contributed by atoms with Crippen LogP contribution in [0.4, 0.5) is 0 Å². The van der Waals surface area contributed by atoms with Gasteiger partial charge in [0.1, 0.15) is 6.10 Å². The molecule has 1 aromatic heterocycles. The quantitative estimate of drug-likeness (QED) is 0.778. The van der Waals surface area contributed by atoms with Gasteiger partial charge in [-0.1, -0.05) is 19.1 Å². The molecule has 0 unspecified atom stereocenters. The lowest BCUT2D eigenvalue weighted by Gasteiger charge is -2.39. The van der Waals surface area contributed by atoms with Crippen LogP contribution in [-0.4, -0.2) is 47.2 Å². The summed E-state index contributed by atoms with van der Waals surface area (Å²) in [6, 6.07) is 4.06. The van der Waals surface area contributed by atoms with Gasteiger partial charge in [0.25, 0.3) is 0 Å². The van der Waals surface area contributed by atoms with Crippen molar-refractivity contribution in [1.82, 2.24) is 9.88 Å². The van der Waals surface area contributed by atoms with Gasteiger partial charge >= 0.3 is 0 Å². The number of allylic oxidation sites excluding steroid dienone is 2. The van der Waals surface area contributed by atoms with E-state index in [-0.39, 0.29) is 29.6 Å². The molecule has 26 heavy (non-hydrogen) atoms. The van der Waals surface area contributed by atoms with E-state index in [1.54, 1.807) is 12.4 Å². The van der Waals surface area contributed by atoms with Gasteiger partial charge in [0, 0.05) is 18.9 Å². The Labute approximate surface area is 155 Å². The van der Waals surface area contributed by atoms with E-state index in [1.807, 2.05) is 12.1 Å². The lowest BCUT2D eigenvalue weighted by molar-refractivity contribution is -0.146. The van der Waals surface area contributed by atoms with Crippen molar-refractivity contribution in [3.05, 3.63) is 42.2 Å². The topological polar surface area (TPSA) is 51.7 Å². The number of aromatic nitrogens is 1. The molecule has 2 aliphatic carbocycles. The SMILES string of the molecule is C[C@]1(C(=O)N2CCO[C@H]3CC[C@H]2[C@H]3OCc2ccncc2)CC=CCC1. The molecule has 140 valence electrons. The average Bonchev–Trinajstić information content (AvgIpc) is 2.96. The lowest BCUT2D eigenvalue weighted by Crippen LogP contribution is -2.51. The van der Waals surface area contributed by atoms with Crippen LogP contribution < -0.4 is 0 Å². The Morgan fingerprint density at radius 3 is 2.96 bits per heavy atom. The van der Waals surface area contributed by atoms with Crippen molar-refractivity contribution in [2.24, 2.45) is 5.41 Å². The Kier molecular flexibility index (Phi) is 5.09. The van der Waals surface area contributed by atoms with Gasteiger partial charge in [-0.15, -0.1) is 0 Å². The fourth-order valence-electron chi connectivity index (χ4n) is 4.54. The van der Waals surface area contributed by atoms with Crippen LogP contribution in [0.5, 0.6) is 0 Å². The van der Waals surface area contributed by atoms with E-state index in [4.69, 9.17) is 9.47 Å². The van der Waals surface area contributed by atoms with Gasteiger partial charge in [0.05, 0.1) is 30.8 Å². The summed E-state index contributed by atoms with van der Waals surface area (Å²) in [6.45, 7) is 3.93. The van der Waals surface area contributed by atoms with Gasteiger partial charge in [-0.25, -0.2) is 0 Å². The Morgan fingerprint density at radius 1 is 1.35 bits per heavy atom. The zero-order valence-electron chi connectivity index (χ0n) is 15.5. The normalized spacial score (nSPS) is 33.9. The number of hydrogen-bond donors (Lipinski definition) is 0. The van der Waals surface area contributed by atoms with Crippen LogP contribution in [-0.2, 0) is 20.9 Å². The van der Waals surface area contributed by atoms with Crippen molar-refractivity contribution < 1.29 is 14.3 Å². The predicted octanol–water partition coefficient (Wildman–Crippen LogP) is 3.10. The Morgan fingerprint density at radius 2 is 2.19 bits per heavy atom. The fourth-order valence-corrected chi connectivity index (χ4v) is 4.54. The number of amides is 1. The molecule has 4 atom stereocenters. The van der Waals surface area contributed by atoms with E-state index in [1.165, 1.54) is 0 Å². The van der Waals surface area contributed by atoms with Crippen LogP contribution in [0.3, 0.4) is 0 Å². The van der Waals surface area contributed by atoms with Crippen LogP contribution in [0.25, 0.3) is 0 Å². The molecular formula is C21H28N2O3. The zero-order valence-corrected chi connectivity index (χ0v) is 15.5. The molecular weight excluding hydrogens is 328 g/mol. The Bertz CT molecular complexity index is 662. The highest BCUT2D eigenvalue weighted by molar-refractivity contribution is 5.83. The summed E-state index contributed by atoms with van der Waals surface area (Å²) in [5, 5.41) is 0. The second kappa shape index (κ2) is 7.49. The van der Waals surface area contributed by atoms with E-state index in [2.05, 4.69) is 29.0 Å². The maximum Gasteiger partial charge on any atom is 0.229 e. The first kappa shape index (κ1) is 17.7. The van der Waals surface area contributed by atoms with Gasteiger partial charge in [0.15, 0.2) is 0 Å². The molecule has 2 heterocycles. The summed E-state index contributed by atoms with van der Waals surface area (Å²) in [5.74, 6) is 0.274. The molecule has 1 aromatic rings. The number of carbonyl (C=O) groups is 1. The number of nitrogens with zero attached hydrogens (tertiary/aromatic N) is 2. The molecule has 1 aliphatic heterocycles. The minimum absolute atomic E-state index is 0.0441. The molecule has 2 bridgehead atoms. The monoisotopic (exact) mass is 356 g/mol. The van der Waals surface area contributed by atoms with Crippen LogP contribution in [0.2, 0.25) is 0 Å². The van der Waals surface area contributed by atoms with Gasteiger partial charge in [-0.05, 0) is 49.8 Å². The first-order valence-corrected chi connectivity index (χ1v) is 9.75. The second-order valence-electron chi connectivity index (χ2n) is 7.96. The van der Waals surface area contributed by atoms with Gasteiger partial charge in [-0.3, -0.25) is 9.78 Å². The lowest BCUT2D eigenvalue weighted by atomic mass is 9.77. The van der Waals surface area contributed by atoms with Crippen LogP contribution in [0.15, 0.2) is 36.7 Å². The van der Waals surface area contributed by atoms with Crippen molar-refractivity contribution in [1.29, 1.82) is 0 Å². The molecule has 4 rings (SSSR count). The van der Waals surface area contributed by atoms with E-state index < -0.39 is 0 Å². The smallest absolute Gasteiger partial charge is 0.229 e. The van der Waals surface area contributed by atoms with E-state index in [0.717, 1.165) is 37.7 Å². The molecule has 1 saturated carbocycles. The zero-order chi connectivity index (χ0) is 18.0. The van der Waals surface area contributed by atoms with E-state index in [0.29, 0.717) is 19.8 Å². The number of fused-ring (bicyclic) bond motifs is 2. The van der Waals surface area contributed by atoms with Crippen molar-refractivity contribution in [2.75, 3.05) is 13.2 Å². The highest BCUT2D eigenvalue weighted by atomic mass is 16.5. The number of rotatable bonds is 4. The standard InChI is InChI=1S/C21H28N2O3/c1-21(9-3-2-4-10-21)20(24)23-13-14-25-18-6-5-17(23)19(18)26-15-16-7-11-22-12-8-16/h2-3,7-8,11-12,17-19H,4-6,9-10,13-15H2,1H3/t17-,18-,19+,21-/m0/s1. The first-order valence-electron chi connectivity index (χ1n) is 9.75. The molecule has 1 amide bonds. The number of ether oxygens (including phenoxy) is 2. The van der Waals surface area contributed by atoms with Crippen molar-refractivity contribution >= 4 is 5.91 Å². The van der Waals surface area contributed by atoms with Gasteiger partial charge in [0.2, 0.25) is 5.91 Å². The Hall–Kier alpha value is -1.72. The molecule has 3 aliphatic rings. The first-order chi connectivity index (χ1) is 12.7. The number of carbonyl (C=O) groups excluding carboxylic acids is 1. The molecule has 5 heteroatoms. The van der Waals surface area contributed by atoms with Crippen molar-refractivity contribution in [2.45, 2.75) is 63.9 Å². The fraction of sp³-hybridized carbons (Fsp3) is 0.619. The Balaban J connectivity index is 1.49. The summed E-state index contributed by atoms with van der Waals surface area (Å²) in [5.41, 5.74) is 0.818. The van der Waals surface area contributed by atoms with Crippen LogP contribution >= 0.6 is 0 Å². The molecule has 2 fully saturated rings. The third-order valence-electron chi connectivity index (χ3n) is 6.12. The maximum absolute atomic E-state index is 13.4. The molecule has 0 spiro atoms. The minimum atomic E-state index is -0.285. The summed E-state index contributed by atoms with van der Waals surface area (Å²) in [4.78, 5) is 19.5. The number of pyridine rings is 1. The van der Waals surface area contributed by atoms with Crippen molar-refractivity contribution in [3.63, 3.8) is 0 Å². The van der Waals surface area contributed by atoms with Gasteiger partial charge in [-0.2, -0.15) is 0 Å². The highest BCUT2D eigenvalue weighted by Crippen LogP contribution is 2.39. The summed E-state index contributed by atoms with van der Waals surface area (Å²) >= 11 is 0. The maximum atomic E-state index is 13.4.